The summed E-state index contributed by atoms with van der Waals surface area (Å²) < 4.78 is 13.4. The molecule has 46 heavy (non-hydrogen) atoms. The molecule has 3 aromatic carbocycles. The molecular formula is C36H44N6O4. The lowest BCUT2D eigenvalue weighted by atomic mass is 9.76. The lowest BCUT2D eigenvalue weighted by Gasteiger charge is -2.30. The molecule has 5 rings (SSSR count). The summed E-state index contributed by atoms with van der Waals surface area (Å²) >= 11 is 0. The number of carbonyl (C=O) groups excluding carboxylic acids is 2. The van der Waals surface area contributed by atoms with Crippen molar-refractivity contribution in [3.05, 3.63) is 77.4 Å². The van der Waals surface area contributed by atoms with Gasteiger partial charge >= 0.3 is 0 Å². The van der Waals surface area contributed by atoms with E-state index in [2.05, 4.69) is 74.4 Å². The summed E-state index contributed by atoms with van der Waals surface area (Å²) in [5.74, 6) is 0.360. The van der Waals surface area contributed by atoms with Gasteiger partial charge in [0, 0.05) is 11.3 Å². The summed E-state index contributed by atoms with van der Waals surface area (Å²) in [7, 11) is 0. The normalized spacial score (nSPS) is 15.3. The van der Waals surface area contributed by atoms with Crippen LogP contribution in [0.5, 0.6) is 5.75 Å². The SMILES string of the molecule is CCOC1=NN(c2ccc(NC(=O)COc3ccc(C(C)(C)CC)cc3C(C)(C)CC)cc2)C(=O)C1n1nnc2cccc(C)c21. The highest BCUT2D eigenvalue weighted by Gasteiger charge is 2.41. The molecule has 2 heterocycles. The molecule has 0 aliphatic carbocycles. The molecule has 1 aliphatic heterocycles. The molecule has 4 aromatic rings. The van der Waals surface area contributed by atoms with Crippen LogP contribution in [0.1, 0.15) is 84.0 Å². The van der Waals surface area contributed by atoms with E-state index in [4.69, 9.17) is 9.47 Å². The largest absolute Gasteiger partial charge is 0.483 e. The van der Waals surface area contributed by atoms with Crippen molar-refractivity contribution >= 4 is 40.1 Å². The lowest BCUT2D eigenvalue weighted by Crippen LogP contribution is -2.31. The molecule has 0 fully saturated rings. The number of aryl methyl sites for hydroxylation is 1. The Morgan fingerprint density at radius 3 is 2.33 bits per heavy atom. The van der Waals surface area contributed by atoms with E-state index in [0.717, 1.165) is 29.5 Å². The van der Waals surface area contributed by atoms with Crippen LogP contribution in [0.15, 0.2) is 65.8 Å². The van der Waals surface area contributed by atoms with E-state index in [1.165, 1.54) is 10.6 Å². The predicted octanol–water partition coefficient (Wildman–Crippen LogP) is 7.07. The van der Waals surface area contributed by atoms with Crippen molar-refractivity contribution < 1.29 is 19.1 Å². The number of benzene rings is 3. The molecule has 10 nitrogen and oxygen atoms in total. The second-order valence-corrected chi connectivity index (χ2v) is 13.0. The maximum Gasteiger partial charge on any atom is 0.282 e. The van der Waals surface area contributed by atoms with Crippen molar-refractivity contribution in [1.29, 1.82) is 0 Å². The molecular weight excluding hydrogens is 580 g/mol. The van der Waals surface area contributed by atoms with Gasteiger partial charge in [-0.05, 0) is 85.0 Å². The maximum atomic E-state index is 13.7. The molecule has 242 valence electrons. The Labute approximate surface area is 270 Å². The molecule has 0 spiro atoms. The van der Waals surface area contributed by atoms with E-state index in [1.807, 2.05) is 38.1 Å². The zero-order valence-corrected chi connectivity index (χ0v) is 28.0. The van der Waals surface area contributed by atoms with E-state index in [1.54, 1.807) is 28.9 Å². The van der Waals surface area contributed by atoms with Gasteiger partial charge in [-0.3, -0.25) is 9.59 Å². The molecule has 0 radical (unpaired) electrons. The van der Waals surface area contributed by atoms with Crippen molar-refractivity contribution in [2.24, 2.45) is 5.10 Å². The van der Waals surface area contributed by atoms with Crippen molar-refractivity contribution in [1.82, 2.24) is 15.0 Å². The fraction of sp³-hybridized carbons (Fsp3) is 0.417. The number of hydrogen-bond donors (Lipinski definition) is 1. The molecule has 2 amide bonds. The van der Waals surface area contributed by atoms with Gasteiger partial charge in [0.2, 0.25) is 11.9 Å². The number of nitrogens with zero attached hydrogens (tertiary/aromatic N) is 5. The number of hydrogen-bond acceptors (Lipinski definition) is 7. The minimum atomic E-state index is -0.882. The van der Waals surface area contributed by atoms with Gasteiger partial charge in [0.15, 0.2) is 6.61 Å². The van der Waals surface area contributed by atoms with Gasteiger partial charge in [0.25, 0.3) is 11.8 Å². The Balaban J connectivity index is 1.29. The van der Waals surface area contributed by atoms with Gasteiger partial charge in [-0.1, -0.05) is 71.0 Å². The average Bonchev–Trinajstić information content (AvgIpc) is 3.61. The first-order valence-electron chi connectivity index (χ1n) is 15.9. The van der Waals surface area contributed by atoms with Crippen molar-refractivity contribution in [2.75, 3.05) is 23.5 Å². The van der Waals surface area contributed by atoms with Crippen molar-refractivity contribution in [2.45, 2.75) is 85.1 Å². The van der Waals surface area contributed by atoms with Gasteiger partial charge in [-0.2, -0.15) is 5.01 Å². The monoisotopic (exact) mass is 624 g/mol. The lowest BCUT2D eigenvalue weighted by molar-refractivity contribution is -0.120. The number of fused-ring (bicyclic) bond motifs is 1. The van der Waals surface area contributed by atoms with Crippen LogP contribution in [-0.4, -0.2) is 45.9 Å². The molecule has 10 heteroatoms. The number of nitrogens with one attached hydrogen (secondary N) is 1. The Hall–Kier alpha value is -4.73. The summed E-state index contributed by atoms with van der Waals surface area (Å²) in [6.45, 7) is 17.2. The topological polar surface area (TPSA) is 111 Å². The molecule has 1 aliphatic rings. The molecule has 0 bridgehead atoms. The highest BCUT2D eigenvalue weighted by molar-refractivity contribution is 6.15. The maximum absolute atomic E-state index is 13.7. The zero-order chi connectivity index (χ0) is 33.2. The highest BCUT2D eigenvalue weighted by atomic mass is 16.5. The van der Waals surface area contributed by atoms with E-state index in [0.29, 0.717) is 29.2 Å². The Kier molecular flexibility index (Phi) is 9.19. The van der Waals surface area contributed by atoms with Crippen LogP contribution in [0.2, 0.25) is 0 Å². The molecule has 0 saturated carbocycles. The second kappa shape index (κ2) is 12.9. The molecule has 1 N–H and O–H groups in total. The molecule has 1 aromatic heterocycles. The van der Waals surface area contributed by atoms with Crippen LogP contribution in [0.25, 0.3) is 11.0 Å². The zero-order valence-electron chi connectivity index (χ0n) is 28.0. The summed E-state index contributed by atoms with van der Waals surface area (Å²) in [6, 6.07) is 18.0. The van der Waals surface area contributed by atoms with Crippen molar-refractivity contribution in [3.8, 4) is 5.75 Å². The smallest absolute Gasteiger partial charge is 0.282 e. The fourth-order valence-electron chi connectivity index (χ4n) is 5.44. The number of carbonyl (C=O) groups is 2. The number of anilines is 2. The average molecular weight is 625 g/mol. The first-order chi connectivity index (χ1) is 21.9. The van der Waals surface area contributed by atoms with Gasteiger partial charge in [0.1, 0.15) is 11.3 Å². The quantitative estimate of drug-likeness (QED) is 0.191. The van der Waals surface area contributed by atoms with Gasteiger partial charge in [-0.25, -0.2) is 4.68 Å². The third kappa shape index (κ3) is 6.34. The van der Waals surface area contributed by atoms with Crippen LogP contribution >= 0.6 is 0 Å². The number of rotatable bonds is 11. The van der Waals surface area contributed by atoms with Crippen LogP contribution in [0.3, 0.4) is 0 Å². The fourth-order valence-corrected chi connectivity index (χ4v) is 5.44. The first kappa shape index (κ1) is 32.7. The number of hydrazone groups is 1. The van der Waals surface area contributed by atoms with E-state index >= 15 is 0 Å². The Morgan fingerprint density at radius 2 is 1.65 bits per heavy atom. The molecule has 1 atom stereocenters. The third-order valence-corrected chi connectivity index (χ3v) is 9.12. The number of para-hydroxylation sites is 1. The van der Waals surface area contributed by atoms with Gasteiger partial charge < -0.3 is 14.8 Å². The summed E-state index contributed by atoms with van der Waals surface area (Å²) in [5.41, 5.74) is 5.77. The van der Waals surface area contributed by atoms with E-state index in [9.17, 15) is 9.59 Å². The van der Waals surface area contributed by atoms with Gasteiger partial charge in [-0.15, -0.1) is 10.2 Å². The summed E-state index contributed by atoms with van der Waals surface area (Å²) in [5, 5.41) is 17.2. The van der Waals surface area contributed by atoms with Crippen LogP contribution in [0, 0.1) is 6.92 Å². The first-order valence-corrected chi connectivity index (χ1v) is 15.9. The minimum absolute atomic E-state index is 0.0426. The molecule has 0 saturated heterocycles. The Bertz CT molecular complexity index is 1770. The second-order valence-electron chi connectivity index (χ2n) is 13.0. The number of amides is 2. The van der Waals surface area contributed by atoms with Crippen LogP contribution in [-0.2, 0) is 25.2 Å². The minimum Gasteiger partial charge on any atom is -0.483 e. The van der Waals surface area contributed by atoms with Gasteiger partial charge in [0.05, 0.1) is 17.8 Å². The highest BCUT2D eigenvalue weighted by Crippen LogP contribution is 2.38. The molecule has 1 unspecified atom stereocenters. The summed E-state index contributed by atoms with van der Waals surface area (Å²) in [4.78, 5) is 26.6. The summed E-state index contributed by atoms with van der Waals surface area (Å²) in [6.07, 6.45) is 1.95. The standard InChI is InChI=1S/C36H44N6O4/c1-9-35(5,6)24-15-20-29(27(21-24)36(7,8)10-2)46-22-30(43)37-25-16-18-26(19-17-25)41-34(44)32(33(39-41)45-11-3)42-31-23(4)13-12-14-28(31)38-40-42/h12-21,32H,9-11,22H2,1-8H3,(H,37,43). The van der Waals surface area contributed by atoms with Crippen LogP contribution < -0.4 is 15.1 Å². The number of ether oxygens (including phenoxy) is 2. The predicted molar refractivity (Wildman–Crippen MR) is 181 cm³/mol. The Morgan fingerprint density at radius 1 is 0.935 bits per heavy atom. The van der Waals surface area contributed by atoms with Crippen molar-refractivity contribution in [3.63, 3.8) is 0 Å². The van der Waals surface area contributed by atoms with E-state index < -0.39 is 6.04 Å². The van der Waals surface area contributed by atoms with Crippen LogP contribution in [0.4, 0.5) is 11.4 Å². The third-order valence-electron chi connectivity index (χ3n) is 9.12. The number of aromatic nitrogens is 3. The van der Waals surface area contributed by atoms with E-state index in [-0.39, 0.29) is 35.1 Å².